The maximum Gasteiger partial charge on any atom is 0.227 e. The number of Topliss-reactive ketones (excluding diaryl/α,β-unsaturated/α-hetero) is 1. The van der Waals surface area contributed by atoms with Crippen molar-refractivity contribution in [2.75, 3.05) is 18.6 Å². The molecule has 124 valence electrons. The Morgan fingerprint density at radius 2 is 2.04 bits per heavy atom. The van der Waals surface area contributed by atoms with Gasteiger partial charge in [0.2, 0.25) is 5.91 Å². The van der Waals surface area contributed by atoms with Crippen molar-refractivity contribution in [1.29, 1.82) is 0 Å². The number of ether oxygens (including phenoxy) is 1. The number of rotatable bonds is 4. The molecule has 0 fully saturated rings. The Bertz CT molecular complexity index is 788. The maximum atomic E-state index is 13.4. The van der Waals surface area contributed by atoms with E-state index in [0.29, 0.717) is 25.1 Å². The number of amides is 1. The SMILES string of the molecule is COc1ccccc1CCC(=O)N1CCC(=O)c2cc(F)ccc21. The smallest absolute Gasteiger partial charge is 0.227 e. The highest BCUT2D eigenvalue weighted by Gasteiger charge is 2.27. The van der Waals surface area contributed by atoms with Crippen molar-refractivity contribution in [3.63, 3.8) is 0 Å². The van der Waals surface area contributed by atoms with E-state index in [4.69, 9.17) is 4.74 Å². The topological polar surface area (TPSA) is 46.6 Å². The van der Waals surface area contributed by atoms with Gasteiger partial charge in [0, 0.05) is 24.9 Å². The quantitative estimate of drug-likeness (QED) is 0.865. The Kier molecular flexibility index (Phi) is 4.60. The Morgan fingerprint density at radius 1 is 1.25 bits per heavy atom. The summed E-state index contributed by atoms with van der Waals surface area (Å²) in [5.41, 5.74) is 1.74. The van der Waals surface area contributed by atoms with Gasteiger partial charge in [0.25, 0.3) is 0 Å². The second kappa shape index (κ2) is 6.83. The van der Waals surface area contributed by atoms with Gasteiger partial charge in [-0.3, -0.25) is 9.59 Å². The van der Waals surface area contributed by atoms with Crippen molar-refractivity contribution in [3.8, 4) is 5.75 Å². The van der Waals surface area contributed by atoms with Crippen molar-refractivity contribution >= 4 is 17.4 Å². The van der Waals surface area contributed by atoms with Crippen LogP contribution in [-0.4, -0.2) is 25.3 Å². The van der Waals surface area contributed by atoms with Crippen LogP contribution in [0.2, 0.25) is 0 Å². The average Bonchev–Trinajstić information content (AvgIpc) is 2.60. The minimum absolute atomic E-state index is 0.0822. The van der Waals surface area contributed by atoms with Crippen molar-refractivity contribution in [2.24, 2.45) is 0 Å². The monoisotopic (exact) mass is 327 g/mol. The van der Waals surface area contributed by atoms with Crippen molar-refractivity contribution in [1.82, 2.24) is 0 Å². The van der Waals surface area contributed by atoms with E-state index in [-0.39, 0.29) is 23.7 Å². The number of para-hydroxylation sites is 1. The first-order valence-electron chi connectivity index (χ1n) is 7.85. The minimum Gasteiger partial charge on any atom is -0.496 e. The number of carbonyl (C=O) groups excluding carboxylic acids is 2. The van der Waals surface area contributed by atoms with Gasteiger partial charge in [0.1, 0.15) is 11.6 Å². The van der Waals surface area contributed by atoms with Gasteiger partial charge >= 0.3 is 0 Å². The molecule has 2 aromatic rings. The number of hydrogen-bond acceptors (Lipinski definition) is 3. The standard InChI is InChI=1S/C19H18FNO3/c1-24-18-5-3-2-4-13(18)6-9-19(23)21-11-10-17(22)15-12-14(20)7-8-16(15)21/h2-5,7-8,12H,6,9-11H2,1H3. The lowest BCUT2D eigenvalue weighted by Crippen LogP contribution is -2.37. The molecule has 1 aliphatic heterocycles. The third kappa shape index (κ3) is 3.15. The Balaban J connectivity index is 1.77. The van der Waals surface area contributed by atoms with Gasteiger partial charge in [0.05, 0.1) is 12.8 Å². The van der Waals surface area contributed by atoms with E-state index >= 15 is 0 Å². The molecule has 0 aliphatic carbocycles. The van der Waals surface area contributed by atoms with Gasteiger partial charge in [-0.15, -0.1) is 0 Å². The van der Waals surface area contributed by atoms with Crippen LogP contribution in [0, 0.1) is 5.82 Å². The lowest BCUT2D eigenvalue weighted by molar-refractivity contribution is -0.118. The van der Waals surface area contributed by atoms with Gasteiger partial charge in [-0.1, -0.05) is 18.2 Å². The molecule has 0 spiro atoms. The number of carbonyl (C=O) groups is 2. The first-order chi connectivity index (χ1) is 11.6. The first kappa shape index (κ1) is 16.2. The molecule has 0 N–H and O–H groups in total. The number of anilines is 1. The molecule has 0 saturated carbocycles. The number of hydrogen-bond donors (Lipinski definition) is 0. The van der Waals surface area contributed by atoms with Crippen LogP contribution in [0.5, 0.6) is 5.75 Å². The molecule has 24 heavy (non-hydrogen) atoms. The molecule has 1 amide bonds. The third-order valence-electron chi connectivity index (χ3n) is 4.21. The van der Waals surface area contributed by atoms with Gasteiger partial charge in [0.15, 0.2) is 5.78 Å². The van der Waals surface area contributed by atoms with E-state index in [0.717, 1.165) is 11.3 Å². The third-order valence-corrected chi connectivity index (χ3v) is 4.21. The van der Waals surface area contributed by atoms with Gasteiger partial charge in [-0.05, 0) is 36.2 Å². The summed E-state index contributed by atoms with van der Waals surface area (Å²) in [5.74, 6) is 0.0755. The molecule has 2 aromatic carbocycles. The van der Waals surface area contributed by atoms with E-state index in [9.17, 15) is 14.0 Å². The largest absolute Gasteiger partial charge is 0.496 e. The van der Waals surface area contributed by atoms with E-state index in [1.807, 2.05) is 24.3 Å². The molecular formula is C19H18FNO3. The molecule has 0 unspecified atom stereocenters. The molecule has 1 aliphatic rings. The predicted octanol–water partition coefficient (Wildman–Crippen LogP) is 3.39. The summed E-state index contributed by atoms with van der Waals surface area (Å²) >= 11 is 0. The number of nitrogens with zero attached hydrogens (tertiary/aromatic N) is 1. The lowest BCUT2D eigenvalue weighted by Gasteiger charge is -2.28. The highest BCUT2D eigenvalue weighted by molar-refractivity contribution is 6.08. The number of halogens is 1. The average molecular weight is 327 g/mol. The summed E-state index contributed by atoms with van der Waals surface area (Å²) < 4.78 is 18.7. The van der Waals surface area contributed by atoms with E-state index in [1.165, 1.54) is 18.2 Å². The summed E-state index contributed by atoms with van der Waals surface area (Å²) in [6.45, 7) is 0.336. The molecule has 3 rings (SSSR count). The second-order valence-electron chi connectivity index (χ2n) is 5.69. The van der Waals surface area contributed by atoms with Gasteiger partial charge in [-0.2, -0.15) is 0 Å². The summed E-state index contributed by atoms with van der Waals surface area (Å²) in [5, 5.41) is 0. The van der Waals surface area contributed by atoms with Crippen molar-refractivity contribution < 1.29 is 18.7 Å². The summed E-state index contributed by atoms with van der Waals surface area (Å²) in [4.78, 5) is 26.1. The summed E-state index contributed by atoms with van der Waals surface area (Å²) in [7, 11) is 1.60. The van der Waals surface area contributed by atoms with Crippen LogP contribution in [0.4, 0.5) is 10.1 Å². The van der Waals surface area contributed by atoms with Crippen molar-refractivity contribution in [2.45, 2.75) is 19.3 Å². The van der Waals surface area contributed by atoms with Crippen LogP contribution in [0.25, 0.3) is 0 Å². The molecule has 1 heterocycles. The van der Waals surface area contributed by atoms with Crippen LogP contribution in [-0.2, 0) is 11.2 Å². The molecular weight excluding hydrogens is 309 g/mol. The van der Waals surface area contributed by atoms with Crippen LogP contribution in [0.3, 0.4) is 0 Å². The summed E-state index contributed by atoms with van der Waals surface area (Å²) in [6, 6.07) is 11.6. The minimum atomic E-state index is -0.467. The predicted molar refractivity (Wildman–Crippen MR) is 89.0 cm³/mol. The lowest BCUT2D eigenvalue weighted by atomic mass is 9.99. The summed E-state index contributed by atoms with van der Waals surface area (Å²) in [6.07, 6.45) is 1.06. The van der Waals surface area contributed by atoms with Crippen LogP contribution >= 0.6 is 0 Å². The highest BCUT2D eigenvalue weighted by Crippen LogP contribution is 2.29. The van der Waals surface area contributed by atoms with E-state index in [2.05, 4.69) is 0 Å². The Labute approximate surface area is 139 Å². The first-order valence-corrected chi connectivity index (χ1v) is 7.85. The van der Waals surface area contributed by atoms with E-state index in [1.54, 1.807) is 12.0 Å². The second-order valence-corrected chi connectivity index (χ2v) is 5.69. The number of methoxy groups -OCH3 is 1. The zero-order chi connectivity index (χ0) is 17.1. The number of ketones is 1. The number of benzene rings is 2. The number of aryl methyl sites for hydroxylation is 1. The fourth-order valence-electron chi connectivity index (χ4n) is 2.98. The Morgan fingerprint density at radius 3 is 2.83 bits per heavy atom. The number of fused-ring (bicyclic) bond motifs is 1. The van der Waals surface area contributed by atoms with Gasteiger partial charge < -0.3 is 9.64 Å². The fraction of sp³-hybridized carbons (Fsp3) is 0.263. The van der Waals surface area contributed by atoms with E-state index < -0.39 is 5.82 Å². The molecule has 0 saturated heterocycles. The normalized spacial score (nSPS) is 13.6. The Hall–Kier alpha value is -2.69. The molecule has 0 radical (unpaired) electrons. The molecule has 0 aromatic heterocycles. The molecule has 5 heteroatoms. The van der Waals surface area contributed by atoms with Crippen LogP contribution in [0.15, 0.2) is 42.5 Å². The zero-order valence-corrected chi connectivity index (χ0v) is 13.4. The van der Waals surface area contributed by atoms with Crippen molar-refractivity contribution in [3.05, 3.63) is 59.4 Å². The molecule has 4 nitrogen and oxygen atoms in total. The maximum absolute atomic E-state index is 13.4. The fourth-order valence-corrected chi connectivity index (χ4v) is 2.98. The van der Waals surface area contributed by atoms with Crippen LogP contribution < -0.4 is 9.64 Å². The molecule has 0 bridgehead atoms. The molecule has 0 atom stereocenters. The van der Waals surface area contributed by atoms with Crippen LogP contribution in [0.1, 0.15) is 28.8 Å². The highest BCUT2D eigenvalue weighted by atomic mass is 19.1. The zero-order valence-electron chi connectivity index (χ0n) is 13.4. The van der Waals surface area contributed by atoms with Gasteiger partial charge in [-0.25, -0.2) is 4.39 Å².